The third-order valence-electron chi connectivity index (χ3n) is 2.36. The second-order valence-corrected chi connectivity index (χ2v) is 4.25. The van der Waals surface area contributed by atoms with Crippen molar-refractivity contribution in [3.63, 3.8) is 0 Å². The average molecular weight is 261 g/mol. The Morgan fingerprint density at radius 2 is 2.21 bits per heavy atom. The molecule has 80 valence electrons. The first-order chi connectivity index (χ1) is 6.77. The number of halogens is 1. The number of unbranched alkanes of at least 4 members (excludes halogenated alkanes) is 3. The lowest BCUT2D eigenvalue weighted by Crippen LogP contribution is -2.08. The molecule has 0 saturated carbocycles. The van der Waals surface area contributed by atoms with E-state index < -0.39 is 0 Å². The van der Waals surface area contributed by atoms with Crippen LogP contribution in [0.2, 0.25) is 0 Å². The Balaban J connectivity index is 2.26. The minimum absolute atomic E-state index is 0.0383. The number of hydrogen-bond donors (Lipinski definition) is 0. The number of rotatable bonds is 6. The van der Waals surface area contributed by atoms with Crippen molar-refractivity contribution in [1.29, 1.82) is 0 Å². The summed E-state index contributed by atoms with van der Waals surface area (Å²) in [6.45, 7) is 2.18. The van der Waals surface area contributed by atoms with Gasteiger partial charge in [-0.25, -0.2) is 4.79 Å². The van der Waals surface area contributed by atoms with Crippen LogP contribution in [0.1, 0.15) is 39.0 Å². The van der Waals surface area contributed by atoms with Gasteiger partial charge in [0.1, 0.15) is 6.10 Å². The van der Waals surface area contributed by atoms with Crippen LogP contribution in [0.25, 0.3) is 0 Å². The van der Waals surface area contributed by atoms with E-state index in [0.29, 0.717) is 5.33 Å². The molecule has 0 aromatic carbocycles. The molecule has 0 fully saturated rings. The zero-order valence-electron chi connectivity index (χ0n) is 8.59. The molecule has 0 radical (unpaired) electrons. The van der Waals surface area contributed by atoms with Gasteiger partial charge in [0.15, 0.2) is 0 Å². The summed E-state index contributed by atoms with van der Waals surface area (Å²) in [5.74, 6) is -0.119. The van der Waals surface area contributed by atoms with E-state index in [9.17, 15) is 4.79 Å². The van der Waals surface area contributed by atoms with Gasteiger partial charge < -0.3 is 4.74 Å². The van der Waals surface area contributed by atoms with Crippen LogP contribution < -0.4 is 0 Å². The van der Waals surface area contributed by atoms with Gasteiger partial charge in [0.25, 0.3) is 0 Å². The molecule has 0 aromatic heterocycles. The fourth-order valence-electron chi connectivity index (χ4n) is 1.54. The average Bonchev–Trinajstić information content (AvgIpc) is 2.54. The molecular formula is C11H17BrO2. The molecule has 0 aromatic rings. The van der Waals surface area contributed by atoms with Crippen LogP contribution in [-0.2, 0) is 9.53 Å². The Morgan fingerprint density at radius 1 is 1.43 bits per heavy atom. The first kappa shape index (κ1) is 11.8. The highest BCUT2D eigenvalue weighted by atomic mass is 79.9. The largest absolute Gasteiger partial charge is 0.454 e. The van der Waals surface area contributed by atoms with Gasteiger partial charge >= 0.3 is 5.97 Å². The molecule has 0 saturated heterocycles. The number of hydrogen-bond acceptors (Lipinski definition) is 2. The van der Waals surface area contributed by atoms with Crippen molar-refractivity contribution < 1.29 is 9.53 Å². The van der Waals surface area contributed by atoms with Crippen molar-refractivity contribution in [3.05, 3.63) is 11.6 Å². The smallest absolute Gasteiger partial charge is 0.334 e. The lowest BCUT2D eigenvalue weighted by atomic mass is 10.1. The summed E-state index contributed by atoms with van der Waals surface area (Å²) in [5.41, 5.74) is 0.866. The van der Waals surface area contributed by atoms with E-state index in [1.807, 2.05) is 6.08 Å². The predicted molar refractivity (Wildman–Crippen MR) is 60.5 cm³/mol. The zero-order chi connectivity index (χ0) is 10.4. The Kier molecular flexibility index (Phi) is 5.23. The minimum Gasteiger partial charge on any atom is -0.454 e. The van der Waals surface area contributed by atoms with Gasteiger partial charge in [0.2, 0.25) is 0 Å². The quantitative estimate of drug-likeness (QED) is 0.417. The molecule has 1 atom stereocenters. The van der Waals surface area contributed by atoms with E-state index in [1.54, 1.807) is 0 Å². The van der Waals surface area contributed by atoms with Crippen LogP contribution in [0.4, 0.5) is 0 Å². The first-order valence-electron chi connectivity index (χ1n) is 5.25. The summed E-state index contributed by atoms with van der Waals surface area (Å²) in [7, 11) is 0. The van der Waals surface area contributed by atoms with E-state index in [2.05, 4.69) is 22.9 Å². The van der Waals surface area contributed by atoms with E-state index in [-0.39, 0.29) is 12.1 Å². The van der Waals surface area contributed by atoms with Gasteiger partial charge in [-0.2, -0.15) is 0 Å². The Morgan fingerprint density at radius 3 is 2.79 bits per heavy atom. The monoisotopic (exact) mass is 260 g/mol. The molecule has 14 heavy (non-hydrogen) atoms. The molecule has 0 N–H and O–H groups in total. The second kappa shape index (κ2) is 6.23. The van der Waals surface area contributed by atoms with Gasteiger partial charge in [0.05, 0.1) is 0 Å². The number of carbonyl (C=O) groups is 1. The molecule has 3 heteroatoms. The van der Waals surface area contributed by atoms with Crippen LogP contribution in [0, 0.1) is 0 Å². The molecule has 0 amide bonds. The molecular weight excluding hydrogens is 244 g/mol. The van der Waals surface area contributed by atoms with Crippen molar-refractivity contribution in [2.75, 3.05) is 5.33 Å². The summed E-state index contributed by atoms with van der Waals surface area (Å²) < 4.78 is 5.10. The highest BCUT2D eigenvalue weighted by Crippen LogP contribution is 2.20. The van der Waals surface area contributed by atoms with Gasteiger partial charge in [0, 0.05) is 10.9 Å². The molecule has 2 nitrogen and oxygen atoms in total. The van der Waals surface area contributed by atoms with Crippen LogP contribution in [-0.4, -0.2) is 17.4 Å². The minimum atomic E-state index is -0.119. The molecule has 1 rings (SSSR count). The molecule has 1 aliphatic heterocycles. The Bertz CT molecular complexity index is 223. The van der Waals surface area contributed by atoms with E-state index in [4.69, 9.17) is 4.74 Å². The molecule has 1 aliphatic rings. The summed E-state index contributed by atoms with van der Waals surface area (Å²) >= 11 is 3.30. The number of ether oxygens (including phenoxy) is 1. The Labute approximate surface area is 93.8 Å². The van der Waals surface area contributed by atoms with Crippen LogP contribution in [0.5, 0.6) is 0 Å². The highest BCUT2D eigenvalue weighted by molar-refractivity contribution is 9.09. The fourth-order valence-corrected chi connectivity index (χ4v) is 1.86. The predicted octanol–water partition coefficient (Wildman–Crippen LogP) is 3.20. The summed E-state index contributed by atoms with van der Waals surface area (Å²) in [4.78, 5) is 11.3. The van der Waals surface area contributed by atoms with Crippen molar-refractivity contribution in [1.82, 2.24) is 0 Å². The SMILES string of the molecule is CCCCCCC1=CC(CBr)OC1=O. The van der Waals surface area contributed by atoms with Crippen LogP contribution in [0.15, 0.2) is 11.6 Å². The lowest BCUT2D eigenvalue weighted by Gasteiger charge is -2.01. The maximum Gasteiger partial charge on any atom is 0.334 e. The molecule has 0 aliphatic carbocycles. The fraction of sp³-hybridized carbons (Fsp3) is 0.727. The molecule has 1 heterocycles. The van der Waals surface area contributed by atoms with Crippen molar-refractivity contribution in [2.24, 2.45) is 0 Å². The second-order valence-electron chi connectivity index (χ2n) is 3.60. The van der Waals surface area contributed by atoms with E-state index in [0.717, 1.165) is 18.4 Å². The van der Waals surface area contributed by atoms with Gasteiger partial charge in [-0.15, -0.1) is 0 Å². The van der Waals surface area contributed by atoms with Crippen molar-refractivity contribution >= 4 is 21.9 Å². The lowest BCUT2D eigenvalue weighted by molar-refractivity contribution is -0.138. The van der Waals surface area contributed by atoms with E-state index in [1.165, 1.54) is 19.3 Å². The molecule has 1 unspecified atom stereocenters. The topological polar surface area (TPSA) is 26.3 Å². The molecule has 0 spiro atoms. The summed E-state index contributed by atoms with van der Waals surface area (Å²) in [6.07, 6.45) is 7.58. The third kappa shape index (κ3) is 3.45. The zero-order valence-corrected chi connectivity index (χ0v) is 10.2. The van der Waals surface area contributed by atoms with E-state index >= 15 is 0 Å². The summed E-state index contributed by atoms with van der Waals surface area (Å²) in [5, 5.41) is 0.706. The first-order valence-corrected chi connectivity index (χ1v) is 6.37. The van der Waals surface area contributed by atoms with Gasteiger partial charge in [-0.3, -0.25) is 0 Å². The number of carbonyl (C=O) groups excluding carboxylic acids is 1. The van der Waals surface area contributed by atoms with Gasteiger partial charge in [-0.05, 0) is 18.9 Å². The normalized spacial score (nSPS) is 20.9. The molecule has 0 bridgehead atoms. The highest BCUT2D eigenvalue weighted by Gasteiger charge is 2.23. The Hall–Kier alpha value is -0.310. The van der Waals surface area contributed by atoms with Gasteiger partial charge in [-0.1, -0.05) is 42.1 Å². The van der Waals surface area contributed by atoms with Crippen LogP contribution >= 0.6 is 15.9 Å². The van der Waals surface area contributed by atoms with Crippen LogP contribution in [0.3, 0.4) is 0 Å². The maximum atomic E-state index is 11.3. The standard InChI is InChI=1S/C11H17BrO2/c1-2-3-4-5-6-9-7-10(8-12)14-11(9)13/h7,10H,2-6,8H2,1H3. The number of esters is 1. The number of alkyl halides is 1. The number of cyclic esters (lactones) is 1. The third-order valence-corrected chi connectivity index (χ3v) is 3.00. The van der Waals surface area contributed by atoms with Crippen molar-refractivity contribution in [3.8, 4) is 0 Å². The summed E-state index contributed by atoms with van der Waals surface area (Å²) in [6, 6.07) is 0. The maximum absolute atomic E-state index is 11.3. The van der Waals surface area contributed by atoms with Crippen molar-refractivity contribution in [2.45, 2.75) is 45.1 Å².